The van der Waals surface area contributed by atoms with Crippen molar-refractivity contribution in [3.05, 3.63) is 24.3 Å². The Hall–Kier alpha value is -2.24. The van der Waals surface area contributed by atoms with Gasteiger partial charge in [0, 0.05) is 12.7 Å². The van der Waals surface area contributed by atoms with Crippen molar-refractivity contribution in [2.45, 2.75) is 13.0 Å². The third-order valence-electron chi connectivity index (χ3n) is 2.63. The van der Waals surface area contributed by atoms with E-state index in [0.717, 1.165) is 5.69 Å². The van der Waals surface area contributed by atoms with Crippen LogP contribution in [0.4, 0.5) is 5.69 Å². The van der Waals surface area contributed by atoms with Crippen molar-refractivity contribution in [3.63, 3.8) is 0 Å². The maximum atomic E-state index is 11.7. The van der Waals surface area contributed by atoms with Gasteiger partial charge in [0.1, 0.15) is 18.3 Å². The fraction of sp³-hybridized carbons (Fsp3) is 0.333. The van der Waals surface area contributed by atoms with Gasteiger partial charge in [-0.25, -0.2) is 0 Å². The van der Waals surface area contributed by atoms with Gasteiger partial charge in [-0.15, -0.1) is 0 Å². The Morgan fingerprint density at radius 2 is 1.89 bits per heavy atom. The number of aliphatic carboxylic acids is 1. The van der Waals surface area contributed by atoms with Crippen LogP contribution in [0.3, 0.4) is 0 Å². The Labute approximate surface area is 105 Å². The zero-order valence-corrected chi connectivity index (χ0v) is 10.3. The highest BCUT2D eigenvalue weighted by Gasteiger charge is 2.18. The largest absolute Gasteiger partial charge is 0.508 e. The molecule has 0 aliphatic carbocycles. The number of likely N-dealkylation sites (N-methyl/N-ethyl adjacent to an activating group) is 1. The number of carboxylic acid groups (broad SMARTS) is 1. The summed E-state index contributed by atoms with van der Waals surface area (Å²) in [5.74, 6) is -1.30. The number of benzene rings is 1. The van der Waals surface area contributed by atoms with Gasteiger partial charge in [0.15, 0.2) is 0 Å². The van der Waals surface area contributed by atoms with Gasteiger partial charge < -0.3 is 20.4 Å². The van der Waals surface area contributed by atoms with E-state index in [1.165, 1.54) is 12.1 Å². The maximum absolute atomic E-state index is 11.7. The number of rotatable bonds is 5. The number of phenolic OH excluding ortho intramolecular Hbond substituents is 1. The van der Waals surface area contributed by atoms with Crippen molar-refractivity contribution in [2.75, 3.05) is 18.5 Å². The number of carbonyl (C=O) groups is 2. The summed E-state index contributed by atoms with van der Waals surface area (Å²) in [5, 5.41) is 20.0. The van der Waals surface area contributed by atoms with Crippen molar-refractivity contribution in [3.8, 4) is 5.75 Å². The molecule has 0 aliphatic heterocycles. The van der Waals surface area contributed by atoms with E-state index in [1.807, 2.05) is 0 Å². The smallest absolute Gasteiger partial charge is 0.322 e. The molecule has 3 N–H and O–H groups in total. The average Bonchev–Trinajstić information content (AvgIpc) is 2.35. The van der Waals surface area contributed by atoms with Crippen molar-refractivity contribution in [1.29, 1.82) is 0 Å². The second-order valence-electron chi connectivity index (χ2n) is 3.91. The molecule has 6 nitrogen and oxygen atoms in total. The summed E-state index contributed by atoms with van der Waals surface area (Å²) in [6.07, 6.45) is 0. The lowest BCUT2D eigenvalue weighted by atomic mass is 10.2. The summed E-state index contributed by atoms with van der Waals surface area (Å²) >= 11 is 0. The van der Waals surface area contributed by atoms with Gasteiger partial charge in [0.25, 0.3) is 0 Å². The number of anilines is 1. The highest BCUT2D eigenvalue weighted by molar-refractivity contribution is 5.87. The Balaban J connectivity index is 2.65. The summed E-state index contributed by atoms with van der Waals surface area (Å²) in [6, 6.07) is 5.89. The minimum atomic E-state index is -1.08. The van der Waals surface area contributed by atoms with Crippen LogP contribution >= 0.6 is 0 Å². The Morgan fingerprint density at radius 3 is 2.39 bits per heavy atom. The lowest BCUT2D eigenvalue weighted by Gasteiger charge is -2.25. The molecule has 1 amide bonds. The molecule has 18 heavy (non-hydrogen) atoms. The molecule has 0 bridgehead atoms. The Kier molecular flexibility index (Phi) is 4.53. The van der Waals surface area contributed by atoms with Crippen LogP contribution in [0.15, 0.2) is 24.3 Å². The van der Waals surface area contributed by atoms with Crippen molar-refractivity contribution in [1.82, 2.24) is 5.32 Å². The highest BCUT2D eigenvalue weighted by Crippen LogP contribution is 2.18. The Bertz CT molecular complexity index is 430. The van der Waals surface area contributed by atoms with Gasteiger partial charge >= 0.3 is 5.97 Å². The van der Waals surface area contributed by atoms with Gasteiger partial charge in [-0.3, -0.25) is 9.59 Å². The number of nitrogens with zero attached hydrogens (tertiary/aromatic N) is 1. The van der Waals surface area contributed by atoms with Gasteiger partial charge in [-0.05, 0) is 31.2 Å². The number of hydrogen-bond acceptors (Lipinski definition) is 4. The Morgan fingerprint density at radius 1 is 1.33 bits per heavy atom. The number of phenols is 1. The second kappa shape index (κ2) is 5.90. The zero-order valence-electron chi connectivity index (χ0n) is 10.3. The lowest BCUT2D eigenvalue weighted by molar-refractivity contribution is -0.138. The van der Waals surface area contributed by atoms with E-state index in [0.29, 0.717) is 0 Å². The molecule has 6 heteroatoms. The van der Waals surface area contributed by atoms with Crippen molar-refractivity contribution in [2.24, 2.45) is 0 Å². The second-order valence-corrected chi connectivity index (χ2v) is 3.91. The molecule has 0 heterocycles. The first kappa shape index (κ1) is 13.8. The van der Waals surface area contributed by atoms with Crippen LogP contribution in [-0.2, 0) is 9.59 Å². The van der Waals surface area contributed by atoms with Gasteiger partial charge in [-0.2, -0.15) is 0 Å². The summed E-state index contributed by atoms with van der Waals surface area (Å²) in [5.41, 5.74) is 0.755. The predicted molar refractivity (Wildman–Crippen MR) is 66.6 cm³/mol. The zero-order chi connectivity index (χ0) is 13.7. The van der Waals surface area contributed by atoms with E-state index in [1.54, 1.807) is 31.0 Å². The molecule has 1 unspecified atom stereocenters. The molecule has 0 fully saturated rings. The third kappa shape index (κ3) is 3.65. The van der Waals surface area contributed by atoms with E-state index >= 15 is 0 Å². The minimum absolute atomic E-state index is 0.148. The quantitative estimate of drug-likeness (QED) is 0.706. The summed E-state index contributed by atoms with van der Waals surface area (Å²) in [6.45, 7) is 1.27. The van der Waals surface area contributed by atoms with Crippen LogP contribution in [0.5, 0.6) is 5.75 Å². The topological polar surface area (TPSA) is 89.9 Å². The molecule has 1 atom stereocenters. The average molecular weight is 252 g/mol. The first-order valence-corrected chi connectivity index (χ1v) is 5.43. The summed E-state index contributed by atoms with van der Waals surface area (Å²) in [4.78, 5) is 23.7. The summed E-state index contributed by atoms with van der Waals surface area (Å²) < 4.78 is 0. The minimum Gasteiger partial charge on any atom is -0.508 e. The molecule has 98 valence electrons. The SMILES string of the molecule is CC(C(=O)NCC(=O)O)N(C)c1ccc(O)cc1. The molecular weight excluding hydrogens is 236 g/mol. The van der Waals surface area contributed by atoms with E-state index in [-0.39, 0.29) is 11.7 Å². The normalized spacial score (nSPS) is 11.7. The van der Waals surface area contributed by atoms with Crippen molar-refractivity contribution >= 4 is 17.6 Å². The third-order valence-corrected chi connectivity index (χ3v) is 2.63. The molecule has 1 rings (SSSR count). The summed E-state index contributed by atoms with van der Waals surface area (Å²) in [7, 11) is 1.72. The number of carboxylic acids is 1. The van der Waals surface area contributed by atoms with E-state index in [2.05, 4.69) is 5.32 Å². The van der Waals surface area contributed by atoms with Gasteiger partial charge in [0.2, 0.25) is 5.91 Å². The van der Waals surface area contributed by atoms with Crippen LogP contribution in [0.2, 0.25) is 0 Å². The molecule has 0 saturated heterocycles. The van der Waals surface area contributed by atoms with E-state index in [4.69, 9.17) is 10.2 Å². The number of aromatic hydroxyl groups is 1. The molecule has 0 radical (unpaired) electrons. The molecule has 0 saturated carbocycles. The maximum Gasteiger partial charge on any atom is 0.322 e. The number of hydrogen-bond donors (Lipinski definition) is 3. The number of amides is 1. The van der Waals surface area contributed by atoms with Crippen LogP contribution < -0.4 is 10.2 Å². The molecular formula is C12H16N2O4. The van der Waals surface area contributed by atoms with E-state index < -0.39 is 18.6 Å². The monoisotopic (exact) mass is 252 g/mol. The van der Waals surface area contributed by atoms with Crippen LogP contribution in [0, 0.1) is 0 Å². The molecule has 1 aromatic carbocycles. The predicted octanol–water partition coefficient (Wildman–Crippen LogP) is 0.418. The van der Waals surface area contributed by atoms with Gasteiger partial charge in [-0.1, -0.05) is 0 Å². The van der Waals surface area contributed by atoms with Gasteiger partial charge in [0.05, 0.1) is 0 Å². The molecule has 0 aromatic heterocycles. The molecule has 1 aromatic rings. The number of nitrogens with one attached hydrogen (secondary N) is 1. The van der Waals surface area contributed by atoms with Crippen LogP contribution in [-0.4, -0.2) is 41.7 Å². The highest BCUT2D eigenvalue weighted by atomic mass is 16.4. The lowest BCUT2D eigenvalue weighted by Crippen LogP contribution is -2.44. The number of carbonyl (C=O) groups excluding carboxylic acids is 1. The standard InChI is InChI=1S/C12H16N2O4/c1-8(12(18)13-7-11(16)17)14(2)9-3-5-10(15)6-4-9/h3-6,8,15H,7H2,1-2H3,(H,13,18)(H,16,17). The fourth-order valence-corrected chi connectivity index (χ4v) is 1.40. The first-order chi connectivity index (χ1) is 8.41. The van der Waals surface area contributed by atoms with Crippen molar-refractivity contribution < 1.29 is 19.8 Å². The van der Waals surface area contributed by atoms with Crippen LogP contribution in [0.25, 0.3) is 0 Å². The molecule has 0 spiro atoms. The first-order valence-electron chi connectivity index (χ1n) is 5.43. The molecule has 0 aliphatic rings. The fourth-order valence-electron chi connectivity index (χ4n) is 1.40. The van der Waals surface area contributed by atoms with Crippen LogP contribution in [0.1, 0.15) is 6.92 Å². The van der Waals surface area contributed by atoms with E-state index in [9.17, 15) is 9.59 Å².